The van der Waals surface area contributed by atoms with E-state index in [0.717, 1.165) is 44.7 Å². The lowest BCUT2D eigenvalue weighted by Gasteiger charge is -2.36. The number of pyridine rings is 1. The average Bonchev–Trinajstić information content (AvgIpc) is 2.45. The molecule has 1 amide bonds. The second-order valence-electron chi connectivity index (χ2n) is 4.93. The molecule has 0 aliphatic carbocycles. The number of primary amides is 1. The molecule has 2 rings (SSSR count). The quantitative estimate of drug-likeness (QED) is 0.835. The average molecular weight is 262 g/mol. The van der Waals surface area contributed by atoms with Crippen LogP contribution in [-0.2, 0) is 0 Å². The standard InChI is InChI=1S/C14H22N4O/c1-2-9-18(11-5-3-7-16-10-11)14-12(13(15)19)6-4-8-17-14/h4,6,8,11,16H,2-3,5,7,9-10H2,1H3,(H2,15,19). The first kappa shape index (κ1) is 13.8. The fourth-order valence-corrected chi connectivity index (χ4v) is 2.62. The second kappa shape index (κ2) is 6.52. The zero-order valence-electron chi connectivity index (χ0n) is 11.4. The first-order valence-electron chi connectivity index (χ1n) is 6.96. The number of nitrogens with zero attached hydrogens (tertiary/aromatic N) is 2. The highest BCUT2D eigenvalue weighted by molar-refractivity contribution is 5.97. The van der Waals surface area contributed by atoms with E-state index in [1.807, 2.05) is 0 Å². The van der Waals surface area contributed by atoms with Gasteiger partial charge in [0.15, 0.2) is 0 Å². The molecule has 1 unspecified atom stereocenters. The van der Waals surface area contributed by atoms with Gasteiger partial charge in [0.2, 0.25) is 0 Å². The maximum atomic E-state index is 11.6. The third-order valence-corrected chi connectivity index (χ3v) is 3.50. The lowest BCUT2D eigenvalue weighted by molar-refractivity contribution is 0.100. The van der Waals surface area contributed by atoms with Crippen molar-refractivity contribution in [3.8, 4) is 0 Å². The van der Waals surface area contributed by atoms with E-state index < -0.39 is 5.91 Å². The van der Waals surface area contributed by atoms with Crippen molar-refractivity contribution in [3.63, 3.8) is 0 Å². The predicted octanol–water partition coefficient (Wildman–Crippen LogP) is 1.15. The van der Waals surface area contributed by atoms with Crippen molar-refractivity contribution in [2.24, 2.45) is 5.73 Å². The number of nitrogens with two attached hydrogens (primary N) is 1. The molecule has 5 heteroatoms. The monoisotopic (exact) mass is 262 g/mol. The Morgan fingerprint density at radius 1 is 1.63 bits per heavy atom. The van der Waals surface area contributed by atoms with Crippen LogP contribution in [0.2, 0.25) is 0 Å². The van der Waals surface area contributed by atoms with E-state index in [4.69, 9.17) is 5.73 Å². The van der Waals surface area contributed by atoms with E-state index in [2.05, 4.69) is 22.1 Å². The van der Waals surface area contributed by atoms with Gasteiger partial charge in [-0.25, -0.2) is 4.98 Å². The van der Waals surface area contributed by atoms with Crippen LogP contribution in [0.1, 0.15) is 36.5 Å². The minimum Gasteiger partial charge on any atom is -0.365 e. The molecule has 0 spiro atoms. The maximum Gasteiger partial charge on any atom is 0.252 e. The summed E-state index contributed by atoms with van der Waals surface area (Å²) in [6.07, 6.45) is 5.03. The molecule has 19 heavy (non-hydrogen) atoms. The van der Waals surface area contributed by atoms with Crippen LogP contribution in [0, 0.1) is 0 Å². The van der Waals surface area contributed by atoms with Crippen LogP contribution in [0.3, 0.4) is 0 Å². The number of carbonyl (C=O) groups is 1. The third kappa shape index (κ3) is 3.23. The lowest BCUT2D eigenvalue weighted by atomic mass is 10.0. The number of rotatable bonds is 5. The Labute approximate surface area is 114 Å². The molecular formula is C14H22N4O. The van der Waals surface area contributed by atoms with Gasteiger partial charge in [0.05, 0.1) is 5.56 Å². The van der Waals surface area contributed by atoms with Gasteiger partial charge in [-0.15, -0.1) is 0 Å². The molecule has 0 saturated carbocycles. The molecule has 5 nitrogen and oxygen atoms in total. The Bertz CT molecular complexity index is 429. The highest BCUT2D eigenvalue weighted by Gasteiger charge is 2.24. The van der Waals surface area contributed by atoms with Crippen molar-refractivity contribution in [2.45, 2.75) is 32.2 Å². The number of piperidine rings is 1. The van der Waals surface area contributed by atoms with Gasteiger partial charge in [-0.2, -0.15) is 0 Å². The minimum atomic E-state index is -0.409. The molecule has 1 atom stereocenters. The van der Waals surface area contributed by atoms with Crippen LogP contribution >= 0.6 is 0 Å². The summed E-state index contributed by atoms with van der Waals surface area (Å²) in [6.45, 7) is 5.04. The fraction of sp³-hybridized carbons (Fsp3) is 0.571. The maximum absolute atomic E-state index is 11.6. The molecular weight excluding hydrogens is 240 g/mol. The van der Waals surface area contributed by atoms with Crippen LogP contribution in [0.25, 0.3) is 0 Å². The van der Waals surface area contributed by atoms with Crippen molar-refractivity contribution in [3.05, 3.63) is 23.9 Å². The summed E-state index contributed by atoms with van der Waals surface area (Å²) in [4.78, 5) is 18.2. The van der Waals surface area contributed by atoms with Gasteiger partial charge in [0, 0.05) is 25.3 Å². The predicted molar refractivity (Wildman–Crippen MR) is 76.3 cm³/mol. The van der Waals surface area contributed by atoms with Gasteiger partial charge in [-0.1, -0.05) is 6.92 Å². The van der Waals surface area contributed by atoms with E-state index in [1.54, 1.807) is 18.3 Å². The molecule has 0 bridgehead atoms. The van der Waals surface area contributed by atoms with E-state index in [1.165, 1.54) is 0 Å². The Hall–Kier alpha value is -1.62. The van der Waals surface area contributed by atoms with Crippen LogP contribution < -0.4 is 16.0 Å². The second-order valence-corrected chi connectivity index (χ2v) is 4.93. The van der Waals surface area contributed by atoms with E-state index in [9.17, 15) is 4.79 Å². The van der Waals surface area contributed by atoms with Crippen LogP contribution in [0.4, 0.5) is 5.82 Å². The molecule has 0 aromatic carbocycles. The van der Waals surface area contributed by atoms with Gasteiger partial charge in [0.25, 0.3) is 5.91 Å². The normalized spacial score (nSPS) is 19.1. The molecule has 1 aliphatic rings. The SMILES string of the molecule is CCCN(c1ncccc1C(N)=O)C1CCCNC1. The number of nitrogens with one attached hydrogen (secondary N) is 1. The number of anilines is 1. The molecule has 104 valence electrons. The number of aromatic nitrogens is 1. The third-order valence-electron chi connectivity index (χ3n) is 3.50. The number of hydrogen-bond acceptors (Lipinski definition) is 4. The molecule has 0 radical (unpaired) electrons. The highest BCUT2D eigenvalue weighted by Crippen LogP contribution is 2.22. The Kier molecular flexibility index (Phi) is 4.74. The molecule has 1 aromatic heterocycles. The summed E-state index contributed by atoms with van der Waals surface area (Å²) >= 11 is 0. The van der Waals surface area contributed by atoms with Gasteiger partial charge < -0.3 is 16.0 Å². The number of hydrogen-bond donors (Lipinski definition) is 2. The summed E-state index contributed by atoms with van der Waals surface area (Å²) in [5.74, 6) is 0.318. The largest absolute Gasteiger partial charge is 0.365 e. The van der Waals surface area contributed by atoms with E-state index in [-0.39, 0.29) is 0 Å². The molecule has 3 N–H and O–H groups in total. The topological polar surface area (TPSA) is 71.2 Å². The summed E-state index contributed by atoms with van der Waals surface area (Å²) in [5.41, 5.74) is 5.97. The van der Waals surface area contributed by atoms with Gasteiger partial charge in [-0.05, 0) is 37.9 Å². The fourth-order valence-electron chi connectivity index (χ4n) is 2.62. The number of carbonyl (C=O) groups excluding carboxylic acids is 1. The van der Waals surface area contributed by atoms with Crippen molar-refractivity contribution >= 4 is 11.7 Å². The van der Waals surface area contributed by atoms with Gasteiger partial charge >= 0.3 is 0 Å². The van der Waals surface area contributed by atoms with Crippen molar-refractivity contribution < 1.29 is 4.79 Å². The molecule has 1 fully saturated rings. The molecule has 2 heterocycles. The van der Waals surface area contributed by atoms with Crippen LogP contribution in [-0.4, -0.2) is 36.6 Å². The highest BCUT2D eigenvalue weighted by atomic mass is 16.1. The van der Waals surface area contributed by atoms with Crippen molar-refractivity contribution in [1.29, 1.82) is 0 Å². The minimum absolute atomic E-state index is 0.390. The zero-order valence-corrected chi connectivity index (χ0v) is 11.4. The van der Waals surface area contributed by atoms with Gasteiger partial charge in [-0.3, -0.25) is 4.79 Å². The molecule has 1 aromatic rings. The zero-order chi connectivity index (χ0) is 13.7. The van der Waals surface area contributed by atoms with E-state index >= 15 is 0 Å². The first-order valence-corrected chi connectivity index (χ1v) is 6.96. The van der Waals surface area contributed by atoms with Crippen LogP contribution in [0.15, 0.2) is 18.3 Å². The van der Waals surface area contributed by atoms with Crippen LogP contribution in [0.5, 0.6) is 0 Å². The van der Waals surface area contributed by atoms with Crippen molar-refractivity contribution in [2.75, 3.05) is 24.5 Å². The van der Waals surface area contributed by atoms with Crippen molar-refractivity contribution in [1.82, 2.24) is 10.3 Å². The lowest BCUT2D eigenvalue weighted by Crippen LogP contribution is -2.47. The number of amides is 1. The summed E-state index contributed by atoms with van der Waals surface area (Å²) < 4.78 is 0. The smallest absolute Gasteiger partial charge is 0.252 e. The summed E-state index contributed by atoms with van der Waals surface area (Å²) in [6, 6.07) is 3.90. The first-order chi connectivity index (χ1) is 9.24. The summed E-state index contributed by atoms with van der Waals surface area (Å²) in [7, 11) is 0. The molecule has 1 saturated heterocycles. The van der Waals surface area contributed by atoms with Gasteiger partial charge in [0.1, 0.15) is 5.82 Å². The molecule has 1 aliphatic heterocycles. The summed E-state index contributed by atoms with van der Waals surface area (Å²) in [5, 5.41) is 3.41. The Morgan fingerprint density at radius 3 is 3.11 bits per heavy atom. The Balaban J connectivity index is 2.29. The Morgan fingerprint density at radius 2 is 2.47 bits per heavy atom. The van der Waals surface area contributed by atoms with E-state index in [0.29, 0.717) is 11.6 Å².